The molecule has 1 unspecified atom stereocenters. The van der Waals surface area contributed by atoms with Crippen LogP contribution < -0.4 is 4.84 Å². The molecule has 0 aromatic heterocycles. The number of nitrogens with zero attached hydrogens (tertiary/aromatic N) is 1. The smallest absolute Gasteiger partial charge is 0.327 e. The number of carbonyl (C=O) groups is 1. The number of fused-ring (bicyclic) bond motifs is 1. The van der Waals surface area contributed by atoms with Crippen LogP contribution in [-0.2, 0) is 14.1 Å². The molecular weight excluding hydrogens is 373 g/mol. The third-order valence-corrected chi connectivity index (χ3v) is 5.62. The van der Waals surface area contributed by atoms with E-state index >= 15 is 0 Å². The number of esters is 1. The van der Waals surface area contributed by atoms with E-state index in [4.69, 9.17) is 20.8 Å². The fourth-order valence-electron chi connectivity index (χ4n) is 2.79. The van der Waals surface area contributed by atoms with Crippen LogP contribution in [0.5, 0.6) is 5.75 Å². The van der Waals surface area contributed by atoms with E-state index in [1.54, 1.807) is 6.07 Å². The average molecular weight is 396 g/mol. The molecular formula is C19H23ClNO4P. The Morgan fingerprint density at radius 1 is 1.23 bits per heavy atom. The van der Waals surface area contributed by atoms with Gasteiger partial charge in [0.1, 0.15) is 0 Å². The van der Waals surface area contributed by atoms with Crippen molar-refractivity contribution in [2.24, 2.45) is 11.8 Å². The summed E-state index contributed by atoms with van der Waals surface area (Å²) in [6.45, 7) is 4.10. The second-order valence-corrected chi connectivity index (χ2v) is 8.83. The van der Waals surface area contributed by atoms with Crippen molar-refractivity contribution >= 4 is 35.3 Å². The van der Waals surface area contributed by atoms with Crippen LogP contribution in [-0.4, -0.2) is 23.5 Å². The van der Waals surface area contributed by atoms with Crippen molar-refractivity contribution in [3.63, 3.8) is 0 Å². The van der Waals surface area contributed by atoms with Crippen molar-refractivity contribution in [1.29, 1.82) is 0 Å². The molecule has 1 aliphatic rings. The minimum absolute atomic E-state index is 0.177. The predicted molar refractivity (Wildman–Crippen MR) is 104 cm³/mol. The molecule has 0 saturated heterocycles. The summed E-state index contributed by atoms with van der Waals surface area (Å²) in [5.41, 5.74) is 0. The van der Waals surface area contributed by atoms with Crippen molar-refractivity contribution < 1.29 is 18.9 Å². The first kappa shape index (κ1) is 19.2. The van der Waals surface area contributed by atoms with Crippen molar-refractivity contribution in [3.8, 4) is 5.75 Å². The minimum Gasteiger partial charge on any atom is -0.464 e. The zero-order valence-corrected chi connectivity index (χ0v) is 16.6. The van der Waals surface area contributed by atoms with Gasteiger partial charge in [-0.3, -0.25) is 9.36 Å². The SMILES string of the molecule is CC(C)[C@@H](C(=O)OCC1CC1)N(Oc1cccc2ccccc12)[PH](=O)Cl. The molecule has 7 heteroatoms. The quantitative estimate of drug-likeness (QED) is 0.356. The molecule has 0 spiro atoms. The van der Waals surface area contributed by atoms with Crippen LogP contribution >= 0.6 is 18.5 Å². The van der Waals surface area contributed by atoms with E-state index in [0.29, 0.717) is 18.3 Å². The Morgan fingerprint density at radius 3 is 2.58 bits per heavy atom. The lowest BCUT2D eigenvalue weighted by Gasteiger charge is -2.29. The van der Waals surface area contributed by atoms with Crippen molar-refractivity contribution in [3.05, 3.63) is 42.5 Å². The molecule has 0 amide bonds. The first-order chi connectivity index (χ1) is 12.5. The van der Waals surface area contributed by atoms with Gasteiger partial charge in [-0.2, -0.15) is 0 Å². The van der Waals surface area contributed by atoms with Crippen LogP contribution in [0.1, 0.15) is 26.7 Å². The summed E-state index contributed by atoms with van der Waals surface area (Å²) in [6, 6.07) is 12.4. The molecule has 2 aromatic carbocycles. The summed E-state index contributed by atoms with van der Waals surface area (Å²) in [4.78, 5) is 19.6. The Balaban J connectivity index is 1.85. The third kappa shape index (κ3) is 4.59. The van der Waals surface area contributed by atoms with Gasteiger partial charge in [-0.15, -0.1) is 0 Å². The van der Waals surface area contributed by atoms with Gasteiger partial charge in [0.25, 0.3) is 7.30 Å². The summed E-state index contributed by atoms with van der Waals surface area (Å²) in [6.07, 6.45) is 2.17. The number of hydrogen-bond acceptors (Lipinski definition) is 4. The van der Waals surface area contributed by atoms with Crippen molar-refractivity contribution in [2.45, 2.75) is 32.7 Å². The van der Waals surface area contributed by atoms with Gasteiger partial charge in [-0.25, -0.2) is 0 Å². The third-order valence-electron chi connectivity index (χ3n) is 4.40. The van der Waals surface area contributed by atoms with Crippen LogP contribution in [0.4, 0.5) is 0 Å². The summed E-state index contributed by atoms with van der Waals surface area (Å²) in [5, 5.41) is 1.84. The van der Waals surface area contributed by atoms with E-state index in [2.05, 4.69) is 0 Å². The normalized spacial score (nSPS) is 16.7. The van der Waals surface area contributed by atoms with E-state index in [0.717, 1.165) is 28.4 Å². The highest BCUT2D eigenvalue weighted by atomic mass is 35.7. The van der Waals surface area contributed by atoms with Gasteiger partial charge in [0, 0.05) is 5.39 Å². The lowest BCUT2D eigenvalue weighted by Crippen LogP contribution is -2.43. The molecule has 1 aliphatic carbocycles. The van der Waals surface area contributed by atoms with Crippen LogP contribution in [0.2, 0.25) is 0 Å². The average Bonchev–Trinajstić information content (AvgIpc) is 3.43. The highest BCUT2D eigenvalue weighted by molar-refractivity contribution is 7.71. The highest BCUT2D eigenvalue weighted by Gasteiger charge is 2.36. The monoisotopic (exact) mass is 395 g/mol. The Labute approximate surface area is 158 Å². The van der Waals surface area contributed by atoms with E-state index in [1.807, 2.05) is 50.2 Å². The van der Waals surface area contributed by atoms with Gasteiger partial charge in [0.2, 0.25) is 0 Å². The number of benzene rings is 2. The van der Waals surface area contributed by atoms with Gasteiger partial charge in [-0.1, -0.05) is 55.1 Å². The van der Waals surface area contributed by atoms with Crippen LogP contribution in [0.25, 0.3) is 10.8 Å². The van der Waals surface area contributed by atoms with Gasteiger partial charge < -0.3 is 9.57 Å². The second kappa shape index (κ2) is 8.43. The fraction of sp³-hybridized carbons (Fsp3) is 0.421. The molecule has 1 saturated carbocycles. The molecule has 140 valence electrons. The van der Waals surface area contributed by atoms with Crippen molar-refractivity contribution in [2.75, 3.05) is 6.61 Å². The van der Waals surface area contributed by atoms with E-state index in [1.165, 1.54) is 0 Å². The highest BCUT2D eigenvalue weighted by Crippen LogP contribution is 2.39. The Hall–Kier alpha value is -1.55. The maximum Gasteiger partial charge on any atom is 0.327 e. The minimum atomic E-state index is -2.82. The zero-order chi connectivity index (χ0) is 18.7. The maximum atomic E-state index is 12.6. The first-order valence-corrected chi connectivity index (χ1v) is 11.1. The molecule has 0 radical (unpaired) electrons. The second-order valence-electron chi connectivity index (χ2n) is 6.91. The summed E-state index contributed by atoms with van der Waals surface area (Å²) >= 11 is 5.94. The summed E-state index contributed by atoms with van der Waals surface area (Å²) in [7, 11) is -2.82. The molecule has 0 heterocycles. The zero-order valence-electron chi connectivity index (χ0n) is 14.9. The van der Waals surface area contributed by atoms with Gasteiger partial charge in [0.05, 0.1) is 6.61 Å². The summed E-state index contributed by atoms with van der Waals surface area (Å²) < 4.78 is 17.6. The molecule has 5 nitrogen and oxygen atoms in total. The molecule has 3 rings (SSSR count). The Morgan fingerprint density at radius 2 is 1.92 bits per heavy atom. The topological polar surface area (TPSA) is 55.8 Å². The number of ether oxygens (including phenoxy) is 1. The maximum absolute atomic E-state index is 12.6. The number of hydrogen-bond donors (Lipinski definition) is 0. The molecule has 1 fully saturated rings. The molecule has 0 aliphatic heterocycles. The first-order valence-electron chi connectivity index (χ1n) is 8.78. The van der Waals surface area contributed by atoms with Crippen LogP contribution in [0.15, 0.2) is 42.5 Å². The molecule has 0 N–H and O–H groups in total. The van der Waals surface area contributed by atoms with Crippen LogP contribution in [0, 0.1) is 11.8 Å². The lowest BCUT2D eigenvalue weighted by atomic mass is 10.1. The Kier molecular flexibility index (Phi) is 6.23. The molecule has 26 heavy (non-hydrogen) atoms. The van der Waals surface area contributed by atoms with Gasteiger partial charge >= 0.3 is 5.97 Å². The molecule has 0 bridgehead atoms. The number of halogens is 1. The number of hydroxylamine groups is 1. The number of carbonyl (C=O) groups excluding carboxylic acids is 1. The molecule has 2 atom stereocenters. The van der Waals surface area contributed by atoms with E-state index < -0.39 is 19.3 Å². The van der Waals surface area contributed by atoms with Gasteiger partial charge in [-0.05, 0) is 47.4 Å². The van der Waals surface area contributed by atoms with Crippen LogP contribution in [0.3, 0.4) is 0 Å². The summed E-state index contributed by atoms with van der Waals surface area (Å²) in [5.74, 6) is 0.325. The van der Waals surface area contributed by atoms with Gasteiger partial charge in [0.15, 0.2) is 11.8 Å². The lowest BCUT2D eigenvalue weighted by molar-refractivity contribution is -0.158. The van der Waals surface area contributed by atoms with E-state index in [-0.39, 0.29) is 5.92 Å². The fourth-order valence-corrected chi connectivity index (χ4v) is 4.00. The predicted octanol–water partition coefficient (Wildman–Crippen LogP) is 5.04. The molecule has 2 aromatic rings. The number of rotatable bonds is 8. The standard InChI is InChI=1S/C19H23ClNO4P/c1-13(2)18(19(22)24-12-14-10-11-14)21(26(20)23)25-17-9-5-7-15-6-3-4-8-16(15)17/h3-9,13-14,18,26H,10-12H2,1-2H3/t18-/m0/s1. The van der Waals surface area contributed by atoms with E-state index in [9.17, 15) is 9.36 Å². The Bertz CT molecular complexity index is 804. The largest absolute Gasteiger partial charge is 0.464 e. The van der Waals surface area contributed by atoms with Crippen molar-refractivity contribution in [1.82, 2.24) is 4.83 Å².